The molecule has 0 saturated carbocycles. The molecule has 1 aromatic heterocycles. The first-order valence-electron chi connectivity index (χ1n) is 5.06. The van der Waals surface area contributed by atoms with Crippen LogP contribution >= 0.6 is 50.5 Å². The van der Waals surface area contributed by atoms with E-state index in [1.165, 1.54) is 11.3 Å². The van der Waals surface area contributed by atoms with Crippen molar-refractivity contribution in [3.05, 3.63) is 48.5 Å². The van der Waals surface area contributed by atoms with E-state index < -0.39 is 0 Å². The first-order chi connectivity index (χ1) is 8.54. The number of hydrogen-bond acceptors (Lipinski definition) is 3. The van der Waals surface area contributed by atoms with Gasteiger partial charge < -0.3 is 10.5 Å². The minimum atomic E-state index is -0.359. The molecule has 96 valence electrons. The lowest BCUT2D eigenvalue weighted by atomic mass is 10.1. The Morgan fingerprint density at radius 1 is 1.39 bits per heavy atom. The van der Waals surface area contributed by atoms with Crippen LogP contribution in [0.4, 0.5) is 0 Å². The minimum Gasteiger partial charge on any atom is -0.495 e. The van der Waals surface area contributed by atoms with Crippen molar-refractivity contribution in [3.63, 3.8) is 0 Å². The summed E-state index contributed by atoms with van der Waals surface area (Å²) in [4.78, 5) is 0.893. The highest BCUT2D eigenvalue weighted by Crippen LogP contribution is 2.40. The minimum absolute atomic E-state index is 0.359. The first kappa shape index (κ1) is 14.2. The molecule has 0 amide bonds. The number of halogens is 3. The van der Waals surface area contributed by atoms with Gasteiger partial charge in [-0.05, 0) is 39.5 Å². The van der Waals surface area contributed by atoms with Crippen molar-refractivity contribution in [1.29, 1.82) is 0 Å². The molecule has 0 aliphatic heterocycles. The highest BCUT2D eigenvalue weighted by molar-refractivity contribution is 9.10. The smallest absolute Gasteiger partial charge is 0.138 e. The molecule has 1 atom stereocenters. The summed E-state index contributed by atoms with van der Waals surface area (Å²) < 4.78 is 6.14. The molecule has 1 unspecified atom stereocenters. The summed E-state index contributed by atoms with van der Waals surface area (Å²) in [6.07, 6.45) is 0. The molecular formula is C12H10BrCl2NOS. The highest BCUT2D eigenvalue weighted by atomic mass is 79.9. The number of ether oxygens (including phenoxy) is 1. The van der Waals surface area contributed by atoms with Crippen molar-refractivity contribution >= 4 is 50.5 Å². The van der Waals surface area contributed by atoms with Gasteiger partial charge in [-0.15, -0.1) is 11.3 Å². The van der Waals surface area contributed by atoms with Gasteiger partial charge in [0.15, 0.2) is 0 Å². The molecule has 1 heterocycles. The molecule has 2 nitrogen and oxygen atoms in total. The van der Waals surface area contributed by atoms with Crippen molar-refractivity contribution in [2.45, 2.75) is 6.04 Å². The highest BCUT2D eigenvalue weighted by Gasteiger charge is 2.20. The third-order valence-electron chi connectivity index (χ3n) is 2.50. The Labute approximate surface area is 128 Å². The summed E-state index contributed by atoms with van der Waals surface area (Å²) in [7, 11) is 1.60. The van der Waals surface area contributed by atoms with Crippen molar-refractivity contribution in [1.82, 2.24) is 0 Å². The Morgan fingerprint density at radius 3 is 2.67 bits per heavy atom. The van der Waals surface area contributed by atoms with Crippen molar-refractivity contribution in [2.75, 3.05) is 7.11 Å². The second kappa shape index (κ2) is 5.80. The fourth-order valence-electron chi connectivity index (χ4n) is 1.70. The molecule has 2 rings (SSSR count). The fourth-order valence-corrected chi connectivity index (χ4v) is 3.88. The molecule has 1 aromatic carbocycles. The molecule has 0 aliphatic rings. The molecule has 0 spiro atoms. The van der Waals surface area contributed by atoms with Crippen LogP contribution in [0.3, 0.4) is 0 Å². The molecule has 18 heavy (non-hydrogen) atoms. The Kier molecular flexibility index (Phi) is 4.56. The van der Waals surface area contributed by atoms with Gasteiger partial charge in [0.25, 0.3) is 0 Å². The Morgan fingerprint density at radius 2 is 2.11 bits per heavy atom. The molecule has 0 saturated heterocycles. The third kappa shape index (κ3) is 2.68. The Bertz CT molecular complexity index is 573. The van der Waals surface area contributed by atoms with Gasteiger partial charge in [0.2, 0.25) is 0 Å². The second-order valence-corrected chi connectivity index (χ2v) is 6.27. The lowest BCUT2D eigenvalue weighted by Crippen LogP contribution is -2.12. The second-order valence-electron chi connectivity index (χ2n) is 3.62. The molecular weight excluding hydrogens is 357 g/mol. The zero-order chi connectivity index (χ0) is 13.3. The van der Waals surface area contributed by atoms with Crippen molar-refractivity contribution in [3.8, 4) is 5.75 Å². The van der Waals surface area contributed by atoms with E-state index in [1.54, 1.807) is 19.2 Å². The normalized spacial score (nSPS) is 12.5. The molecule has 2 aromatic rings. The van der Waals surface area contributed by atoms with Crippen LogP contribution in [-0.4, -0.2) is 7.11 Å². The number of benzene rings is 1. The predicted molar refractivity (Wildman–Crippen MR) is 81.1 cm³/mol. The van der Waals surface area contributed by atoms with Crippen LogP contribution in [0.5, 0.6) is 5.75 Å². The van der Waals surface area contributed by atoms with Crippen LogP contribution in [0, 0.1) is 0 Å². The van der Waals surface area contributed by atoms with Gasteiger partial charge in [0.1, 0.15) is 5.75 Å². The van der Waals surface area contributed by atoms with Gasteiger partial charge in [0, 0.05) is 15.5 Å². The van der Waals surface area contributed by atoms with Crippen LogP contribution < -0.4 is 10.5 Å². The number of thiophene rings is 1. The Hall–Kier alpha value is -0.260. The van der Waals surface area contributed by atoms with Crippen LogP contribution in [0.2, 0.25) is 10.0 Å². The van der Waals surface area contributed by atoms with Crippen LogP contribution in [0.1, 0.15) is 16.5 Å². The molecule has 0 bridgehead atoms. The van der Waals surface area contributed by atoms with Gasteiger partial charge in [-0.2, -0.15) is 0 Å². The van der Waals surface area contributed by atoms with Crippen LogP contribution in [0.25, 0.3) is 0 Å². The molecule has 0 aliphatic carbocycles. The maximum atomic E-state index is 6.24. The van der Waals surface area contributed by atoms with Gasteiger partial charge in [-0.25, -0.2) is 0 Å². The summed E-state index contributed by atoms with van der Waals surface area (Å²) in [6.45, 7) is 0. The molecule has 0 fully saturated rings. The molecule has 2 N–H and O–H groups in total. The first-order valence-corrected chi connectivity index (χ1v) is 7.49. The largest absolute Gasteiger partial charge is 0.495 e. The van der Waals surface area contributed by atoms with Gasteiger partial charge in [-0.1, -0.05) is 23.2 Å². The van der Waals surface area contributed by atoms with E-state index in [-0.39, 0.29) is 6.04 Å². The van der Waals surface area contributed by atoms with Crippen LogP contribution in [-0.2, 0) is 0 Å². The number of rotatable bonds is 3. The zero-order valence-electron chi connectivity index (χ0n) is 9.41. The number of methoxy groups -OCH3 is 1. The van der Waals surface area contributed by atoms with E-state index in [9.17, 15) is 0 Å². The van der Waals surface area contributed by atoms with E-state index >= 15 is 0 Å². The van der Waals surface area contributed by atoms with Gasteiger partial charge in [0.05, 0.1) is 22.6 Å². The van der Waals surface area contributed by atoms with E-state index in [0.717, 1.165) is 14.9 Å². The van der Waals surface area contributed by atoms with E-state index in [0.29, 0.717) is 15.8 Å². The van der Waals surface area contributed by atoms with Crippen molar-refractivity contribution < 1.29 is 4.74 Å². The summed E-state index contributed by atoms with van der Waals surface area (Å²) in [5.41, 5.74) is 7.05. The fraction of sp³-hybridized carbons (Fsp3) is 0.167. The molecule has 0 radical (unpaired) electrons. The average Bonchev–Trinajstić information content (AvgIpc) is 2.73. The lowest BCUT2D eigenvalue weighted by Gasteiger charge is -2.17. The topological polar surface area (TPSA) is 35.2 Å². The third-order valence-corrected chi connectivity index (χ3v) is 4.75. The average molecular weight is 367 g/mol. The maximum Gasteiger partial charge on any atom is 0.138 e. The summed E-state index contributed by atoms with van der Waals surface area (Å²) >= 11 is 17.1. The summed E-state index contributed by atoms with van der Waals surface area (Å²) in [5, 5.41) is 3.16. The van der Waals surface area contributed by atoms with Crippen molar-refractivity contribution in [2.24, 2.45) is 5.73 Å². The van der Waals surface area contributed by atoms with E-state index in [4.69, 9.17) is 33.7 Å². The monoisotopic (exact) mass is 365 g/mol. The molecule has 6 heteroatoms. The quantitative estimate of drug-likeness (QED) is 0.840. The summed E-state index contributed by atoms with van der Waals surface area (Å²) in [5.74, 6) is 0.677. The SMILES string of the molecule is COc1c(Br)cc(Cl)cc1C(N)c1sccc1Cl. The standard InChI is InChI=1S/C12H10BrCl2NOS/c1-17-11-7(4-6(14)5-8(11)13)10(16)12-9(15)2-3-18-12/h2-5,10H,16H2,1H3. The number of hydrogen-bond donors (Lipinski definition) is 1. The maximum absolute atomic E-state index is 6.24. The van der Waals surface area contributed by atoms with Gasteiger partial charge in [-0.3, -0.25) is 0 Å². The lowest BCUT2D eigenvalue weighted by molar-refractivity contribution is 0.405. The Balaban J connectivity index is 2.54. The predicted octanol–water partition coefficient (Wildman–Crippen LogP) is 4.87. The van der Waals surface area contributed by atoms with Gasteiger partial charge >= 0.3 is 0 Å². The van der Waals surface area contributed by atoms with Crippen LogP contribution in [0.15, 0.2) is 28.1 Å². The number of nitrogens with two attached hydrogens (primary N) is 1. The van der Waals surface area contributed by atoms with E-state index in [2.05, 4.69) is 15.9 Å². The summed E-state index contributed by atoms with van der Waals surface area (Å²) in [6, 6.07) is 5.04. The zero-order valence-corrected chi connectivity index (χ0v) is 13.3. The van der Waals surface area contributed by atoms with E-state index in [1.807, 2.05) is 11.4 Å².